The number of hydrogen-bond donors (Lipinski definition) is 0. The molecule has 6 aromatic rings. The van der Waals surface area contributed by atoms with Crippen molar-refractivity contribution in [1.29, 1.82) is 0 Å². The van der Waals surface area contributed by atoms with Crippen molar-refractivity contribution in [3.8, 4) is 16.9 Å². The van der Waals surface area contributed by atoms with Gasteiger partial charge >= 0.3 is 5.97 Å². The molecule has 8 rings (SSSR count). The van der Waals surface area contributed by atoms with Gasteiger partial charge in [0.1, 0.15) is 24.0 Å². The number of aryl methyl sites for hydroxylation is 1. The summed E-state index contributed by atoms with van der Waals surface area (Å²) in [5, 5.41) is 18.1. The predicted molar refractivity (Wildman–Crippen MR) is 172 cm³/mol. The van der Waals surface area contributed by atoms with E-state index >= 15 is 0 Å². The van der Waals surface area contributed by atoms with Crippen molar-refractivity contribution in [2.24, 2.45) is 0 Å². The minimum absolute atomic E-state index is 0.00962. The molecule has 0 saturated carbocycles. The molecule has 0 bridgehead atoms. The zero-order valence-corrected chi connectivity index (χ0v) is 27.4. The Balaban J connectivity index is 1.20. The molecule has 50 heavy (non-hydrogen) atoms. The Hall–Kier alpha value is -5.03. The molecule has 0 radical (unpaired) electrons. The average Bonchev–Trinajstić information content (AvgIpc) is 3.88. The normalized spacial score (nSPS) is 22.1. The maximum Gasteiger partial charge on any atom is 0.376 e. The molecule has 0 aliphatic carbocycles. The molecule has 2 saturated heterocycles. The molecule has 0 N–H and O–H groups in total. The van der Waals surface area contributed by atoms with Gasteiger partial charge in [0, 0.05) is 17.5 Å². The van der Waals surface area contributed by atoms with E-state index in [2.05, 4.69) is 25.5 Å². The highest BCUT2D eigenvalue weighted by atomic mass is 32.1. The van der Waals surface area contributed by atoms with E-state index in [9.17, 15) is 18.0 Å². The number of carbonyl (C=O) groups excluding carboxylic acids is 1. The fraction of sp³-hybridized carbons (Fsp3) is 0.294. The fourth-order valence-corrected chi connectivity index (χ4v) is 7.22. The van der Waals surface area contributed by atoms with Crippen LogP contribution in [-0.2, 0) is 18.9 Å². The maximum atomic E-state index is 14.2. The van der Waals surface area contributed by atoms with Crippen LogP contribution in [0.3, 0.4) is 0 Å². The van der Waals surface area contributed by atoms with E-state index in [1.165, 1.54) is 22.2 Å². The van der Waals surface area contributed by atoms with Crippen LogP contribution in [0, 0.1) is 24.4 Å². The van der Waals surface area contributed by atoms with Gasteiger partial charge in [-0.2, -0.15) is 0 Å². The third-order valence-electron chi connectivity index (χ3n) is 8.61. The minimum Gasteiger partial charge on any atom is -0.460 e. The van der Waals surface area contributed by atoms with Crippen LogP contribution in [0.1, 0.15) is 58.8 Å². The quantitative estimate of drug-likeness (QED) is 0.140. The minimum atomic E-state index is -1.57. The van der Waals surface area contributed by atoms with Crippen LogP contribution >= 0.6 is 11.3 Å². The number of hydrogen-bond acceptors (Lipinski definition) is 11. The first-order chi connectivity index (χ1) is 24.3. The van der Waals surface area contributed by atoms with E-state index in [1.54, 1.807) is 11.5 Å². The van der Waals surface area contributed by atoms with Gasteiger partial charge in [0.2, 0.25) is 5.82 Å². The largest absolute Gasteiger partial charge is 0.460 e. The molecule has 3 aromatic heterocycles. The third-order valence-corrected chi connectivity index (χ3v) is 9.54. The Morgan fingerprint density at radius 1 is 1.02 bits per heavy atom. The molecule has 3 aromatic carbocycles. The van der Waals surface area contributed by atoms with Crippen molar-refractivity contribution in [3.05, 3.63) is 107 Å². The maximum absolute atomic E-state index is 14.2. The monoisotopic (exact) mass is 703 g/mol. The van der Waals surface area contributed by atoms with Gasteiger partial charge in [0.25, 0.3) is 0 Å². The zero-order valence-electron chi connectivity index (χ0n) is 26.6. The van der Waals surface area contributed by atoms with Gasteiger partial charge in [-0.3, -0.25) is 4.57 Å². The van der Waals surface area contributed by atoms with Crippen LogP contribution < -0.4 is 0 Å². The number of carbonyl (C=O) groups is 1. The molecule has 5 atom stereocenters. The summed E-state index contributed by atoms with van der Waals surface area (Å²) >= 11 is 1.51. The lowest BCUT2D eigenvalue weighted by molar-refractivity contribution is -0.302. The van der Waals surface area contributed by atoms with Gasteiger partial charge in [0.05, 0.1) is 46.4 Å². The van der Waals surface area contributed by atoms with Crippen molar-refractivity contribution in [2.45, 2.75) is 50.9 Å². The second kappa shape index (κ2) is 13.0. The van der Waals surface area contributed by atoms with Crippen molar-refractivity contribution in [3.63, 3.8) is 0 Å². The highest BCUT2D eigenvalue weighted by Crippen LogP contribution is 2.44. The van der Waals surface area contributed by atoms with Gasteiger partial charge in [-0.1, -0.05) is 35.5 Å². The van der Waals surface area contributed by atoms with Crippen LogP contribution in [-0.4, -0.2) is 66.1 Å². The van der Waals surface area contributed by atoms with Gasteiger partial charge < -0.3 is 18.9 Å². The first-order valence-corrected chi connectivity index (χ1v) is 16.6. The Morgan fingerprint density at radius 3 is 2.60 bits per heavy atom. The zero-order chi connectivity index (χ0) is 34.5. The molecule has 2 aliphatic rings. The Bertz CT molecular complexity index is 2190. The van der Waals surface area contributed by atoms with Gasteiger partial charge in [-0.05, 0) is 44.2 Å². The van der Waals surface area contributed by atoms with Crippen molar-refractivity contribution in [1.82, 2.24) is 34.7 Å². The number of aromatic nitrogens is 7. The molecule has 16 heteroatoms. The number of fused-ring (bicyclic) bond motifs is 2. The van der Waals surface area contributed by atoms with Crippen LogP contribution in [0.15, 0.2) is 66.9 Å². The number of nitrogens with zero attached hydrogens (tertiary/aromatic N) is 7. The Kier molecular flexibility index (Phi) is 8.38. The topological polar surface area (TPSA) is 128 Å². The van der Waals surface area contributed by atoms with Crippen molar-refractivity contribution < 1.29 is 36.9 Å². The molecule has 0 amide bonds. The lowest BCUT2D eigenvalue weighted by atomic mass is 9.93. The molecule has 256 valence electrons. The molecule has 2 fully saturated rings. The van der Waals surface area contributed by atoms with Gasteiger partial charge in [-0.15, -0.1) is 26.6 Å². The summed E-state index contributed by atoms with van der Waals surface area (Å²) in [4.78, 5) is 17.7. The lowest BCUT2D eigenvalue weighted by Gasteiger charge is -2.45. The SMILES string of the molecule is CCOC(=O)c1nnc(C2CC(n3cc(-c4cc(F)c(F)c(F)c4)nn3)C3OC(c4ccccc4)OCC3O2)n1-c1ccc2nc(C)sc2c1. The van der Waals surface area contributed by atoms with E-state index in [0.29, 0.717) is 11.5 Å². The van der Waals surface area contributed by atoms with E-state index in [0.717, 1.165) is 32.9 Å². The van der Waals surface area contributed by atoms with E-state index in [-0.39, 0.29) is 36.7 Å². The first kappa shape index (κ1) is 32.2. The van der Waals surface area contributed by atoms with E-state index in [1.807, 2.05) is 55.5 Å². The van der Waals surface area contributed by atoms with E-state index in [4.69, 9.17) is 18.9 Å². The smallest absolute Gasteiger partial charge is 0.376 e. The number of rotatable bonds is 7. The summed E-state index contributed by atoms with van der Waals surface area (Å²) in [6, 6.07) is 16.1. The highest BCUT2D eigenvalue weighted by Gasteiger charge is 2.47. The average molecular weight is 704 g/mol. The second-order valence-corrected chi connectivity index (χ2v) is 13.0. The number of benzene rings is 3. The number of ether oxygens (including phenoxy) is 4. The van der Waals surface area contributed by atoms with E-state index < -0.39 is 54.1 Å². The predicted octanol–water partition coefficient (Wildman–Crippen LogP) is 6.22. The van der Waals surface area contributed by atoms with Crippen LogP contribution in [0.25, 0.3) is 27.2 Å². The van der Waals surface area contributed by atoms with Gasteiger partial charge in [-0.25, -0.2) is 27.6 Å². The molecule has 12 nitrogen and oxygen atoms in total. The fourth-order valence-electron chi connectivity index (χ4n) is 6.36. The van der Waals surface area contributed by atoms with Crippen LogP contribution in [0.5, 0.6) is 0 Å². The standard InChI is InChI=1S/C34H28F3N7O5S/c1-3-46-33(45)32-41-40-31(44(32)20-9-10-23-28(13-20)50-17(2)38-23)26-14-25(30-27(48-26)16-47-34(49-30)18-7-5-4-6-8-18)43-15-24(39-42-43)19-11-21(35)29(37)22(36)12-19/h4-13,15,25-27,30,34H,3,14,16H2,1-2H3. The molecular formula is C34H28F3N7O5S. The van der Waals surface area contributed by atoms with Crippen molar-refractivity contribution in [2.75, 3.05) is 13.2 Å². The highest BCUT2D eigenvalue weighted by molar-refractivity contribution is 7.18. The number of thiazole rings is 1. The molecule has 5 unspecified atom stereocenters. The second-order valence-electron chi connectivity index (χ2n) is 11.8. The van der Waals surface area contributed by atoms with Crippen LogP contribution in [0.4, 0.5) is 13.2 Å². The van der Waals surface area contributed by atoms with Gasteiger partial charge in [0.15, 0.2) is 29.6 Å². The summed E-state index contributed by atoms with van der Waals surface area (Å²) in [6.45, 7) is 3.89. The summed E-state index contributed by atoms with van der Waals surface area (Å²) in [6.07, 6.45) is -1.03. The third kappa shape index (κ3) is 5.83. The number of halogens is 3. The summed E-state index contributed by atoms with van der Waals surface area (Å²) in [7, 11) is 0. The summed E-state index contributed by atoms with van der Waals surface area (Å²) in [5.74, 6) is -4.63. The lowest BCUT2D eigenvalue weighted by Crippen LogP contribution is -2.51. The Labute approximate surface area is 286 Å². The molecule has 2 aliphatic heterocycles. The Morgan fingerprint density at radius 2 is 1.82 bits per heavy atom. The molecule has 5 heterocycles. The summed E-state index contributed by atoms with van der Waals surface area (Å²) in [5.41, 5.74) is 2.35. The first-order valence-electron chi connectivity index (χ1n) is 15.8. The number of esters is 1. The van der Waals surface area contributed by atoms with Crippen LogP contribution in [0.2, 0.25) is 0 Å². The summed E-state index contributed by atoms with van der Waals surface area (Å²) < 4.78 is 70.7. The molecular weight excluding hydrogens is 675 g/mol. The molecule has 0 spiro atoms. The van der Waals surface area contributed by atoms with Crippen molar-refractivity contribution >= 4 is 27.5 Å².